The predicted molar refractivity (Wildman–Crippen MR) is 168 cm³/mol. The molecule has 48 heavy (non-hydrogen) atoms. The number of halogens is 3. The van der Waals surface area contributed by atoms with Crippen LogP contribution in [0.4, 0.5) is 18.9 Å². The first-order valence-corrected chi connectivity index (χ1v) is 14.5. The minimum atomic E-state index is -4.91. The number of carboxylic acids is 3. The van der Waals surface area contributed by atoms with E-state index in [9.17, 15) is 42.6 Å². The summed E-state index contributed by atoms with van der Waals surface area (Å²) in [6.07, 6.45) is -1.90. The average Bonchev–Trinajstić information content (AvgIpc) is 3.03. The molecule has 0 spiro atoms. The van der Waals surface area contributed by atoms with E-state index in [0.717, 1.165) is 35.2 Å². The molecule has 1 aliphatic heterocycles. The fraction of sp³-hybridized carbons (Fsp3) is 0.242. The molecule has 4 rings (SSSR count). The molecule has 0 atom stereocenters. The van der Waals surface area contributed by atoms with Gasteiger partial charge in [-0.2, -0.15) is 13.2 Å². The number of amides is 1. The van der Waals surface area contributed by atoms with Crippen LogP contribution in [-0.4, -0.2) is 82.2 Å². The lowest BCUT2D eigenvalue weighted by molar-refractivity contribution is -0.141. The van der Waals surface area contributed by atoms with Crippen molar-refractivity contribution in [3.05, 3.63) is 100 Å². The van der Waals surface area contributed by atoms with Crippen LogP contribution in [0, 0.1) is 5.41 Å². The topological polar surface area (TPSA) is 195 Å². The van der Waals surface area contributed by atoms with Gasteiger partial charge in [-0.15, -0.1) is 0 Å². The van der Waals surface area contributed by atoms with Crippen molar-refractivity contribution in [2.24, 2.45) is 5.73 Å². The summed E-state index contributed by atoms with van der Waals surface area (Å²) in [5.74, 6) is -5.76. The van der Waals surface area contributed by atoms with Crippen LogP contribution in [0.25, 0.3) is 6.08 Å². The summed E-state index contributed by atoms with van der Waals surface area (Å²) in [5, 5.41) is 35.6. The van der Waals surface area contributed by atoms with Gasteiger partial charge in [0.1, 0.15) is 17.7 Å². The second kappa shape index (κ2) is 14.8. The van der Waals surface area contributed by atoms with E-state index in [4.69, 9.17) is 21.0 Å². The first-order chi connectivity index (χ1) is 22.6. The smallest absolute Gasteiger partial charge is 0.420 e. The van der Waals surface area contributed by atoms with Crippen LogP contribution >= 0.6 is 0 Å². The normalized spacial score (nSPS) is 14.1. The summed E-state index contributed by atoms with van der Waals surface area (Å²) in [4.78, 5) is 50.7. The van der Waals surface area contributed by atoms with E-state index in [1.165, 1.54) is 12.1 Å². The zero-order valence-electron chi connectivity index (χ0n) is 25.2. The van der Waals surface area contributed by atoms with E-state index < -0.39 is 58.5 Å². The molecule has 0 aliphatic carbocycles. The quantitative estimate of drug-likeness (QED) is 0.134. The third-order valence-corrected chi connectivity index (χ3v) is 7.54. The lowest BCUT2D eigenvalue weighted by Crippen LogP contribution is -2.40. The van der Waals surface area contributed by atoms with E-state index in [0.29, 0.717) is 37.1 Å². The van der Waals surface area contributed by atoms with Gasteiger partial charge in [0.15, 0.2) is 0 Å². The second-order valence-corrected chi connectivity index (χ2v) is 10.9. The van der Waals surface area contributed by atoms with Gasteiger partial charge in [0.2, 0.25) is 0 Å². The molecule has 3 aromatic rings. The molecule has 3 aromatic carbocycles. The van der Waals surface area contributed by atoms with Gasteiger partial charge in [-0.3, -0.25) is 19.9 Å². The van der Waals surface area contributed by atoms with Crippen molar-refractivity contribution in [3.63, 3.8) is 0 Å². The maximum absolute atomic E-state index is 14.4. The van der Waals surface area contributed by atoms with E-state index in [1.54, 1.807) is 35.2 Å². The molecule has 1 saturated heterocycles. The maximum Gasteiger partial charge on any atom is 0.420 e. The summed E-state index contributed by atoms with van der Waals surface area (Å²) in [7, 11) is 0. The molecule has 6 N–H and O–H groups in total. The van der Waals surface area contributed by atoms with E-state index in [-0.39, 0.29) is 30.2 Å². The highest BCUT2D eigenvalue weighted by Gasteiger charge is 2.37. The highest BCUT2D eigenvalue weighted by Crippen LogP contribution is 2.40. The number of rotatable bonds is 12. The molecule has 1 heterocycles. The Labute approximate surface area is 272 Å². The van der Waals surface area contributed by atoms with Gasteiger partial charge in [0.25, 0.3) is 5.91 Å². The van der Waals surface area contributed by atoms with Crippen LogP contribution < -0.4 is 15.4 Å². The van der Waals surface area contributed by atoms with Crippen molar-refractivity contribution in [1.29, 1.82) is 5.41 Å². The second-order valence-electron chi connectivity index (χ2n) is 10.9. The monoisotopic (exact) mass is 668 g/mol. The molecule has 1 amide bonds. The number of carbonyl (C=O) groups is 4. The van der Waals surface area contributed by atoms with Crippen molar-refractivity contribution in [1.82, 2.24) is 4.90 Å². The van der Waals surface area contributed by atoms with Crippen molar-refractivity contribution in [2.75, 3.05) is 31.1 Å². The fourth-order valence-electron chi connectivity index (χ4n) is 5.17. The molecular formula is C33H31F3N4O8. The SMILES string of the molecule is N=C(N)c1cccc(C=CCN(C(=O)c2ccc(C(=O)O)c(C(=O)O)c2)c2ccc(OC3CCN(CC(=O)O)CC3)c(C(F)(F)F)c2)c1. The largest absolute Gasteiger partial charge is 0.490 e. The maximum atomic E-state index is 14.4. The van der Waals surface area contributed by atoms with Gasteiger partial charge in [0.05, 0.1) is 23.2 Å². The van der Waals surface area contributed by atoms with E-state index >= 15 is 0 Å². The number of carbonyl (C=O) groups excluding carboxylic acids is 1. The summed E-state index contributed by atoms with van der Waals surface area (Å²) in [5.41, 5.74) is 3.61. The first-order valence-electron chi connectivity index (χ1n) is 14.5. The summed E-state index contributed by atoms with van der Waals surface area (Å²) >= 11 is 0. The number of aromatic carboxylic acids is 2. The van der Waals surface area contributed by atoms with Gasteiger partial charge < -0.3 is 30.7 Å². The number of amidine groups is 1. The van der Waals surface area contributed by atoms with Crippen molar-refractivity contribution >= 4 is 41.4 Å². The Kier molecular flexibility index (Phi) is 10.8. The molecule has 0 aromatic heterocycles. The van der Waals surface area contributed by atoms with E-state index in [1.807, 2.05) is 0 Å². The zero-order valence-corrected chi connectivity index (χ0v) is 25.2. The number of anilines is 1. The van der Waals surface area contributed by atoms with Crippen LogP contribution in [-0.2, 0) is 11.0 Å². The fourth-order valence-corrected chi connectivity index (χ4v) is 5.17. The number of likely N-dealkylation sites (tertiary alicyclic amines) is 1. The standard InChI is InChI=1S/C33H31F3N4O8/c34-33(35,36)26-17-22(7-9-27(26)48-23-10-13-39(14-11-23)18-28(41)42)40(12-2-4-19-3-1-5-20(15-19)29(37)38)30(43)21-6-8-24(31(44)45)25(16-21)32(46)47/h1-9,15-17,23H,10-14,18H2,(H3,37,38)(H,41,42)(H,44,45)(H,46,47). The molecule has 1 fully saturated rings. The predicted octanol–water partition coefficient (Wildman–Crippen LogP) is 4.67. The Bertz CT molecular complexity index is 1770. The lowest BCUT2D eigenvalue weighted by atomic mass is 10.0. The van der Waals surface area contributed by atoms with Gasteiger partial charge >= 0.3 is 24.1 Å². The number of benzene rings is 3. The number of nitrogen functional groups attached to an aromatic ring is 1. The Morgan fingerprint density at radius 3 is 2.23 bits per heavy atom. The molecule has 252 valence electrons. The van der Waals surface area contributed by atoms with Gasteiger partial charge in [-0.05, 0) is 60.9 Å². The summed E-state index contributed by atoms with van der Waals surface area (Å²) in [6, 6.07) is 12.4. The number of nitrogens with two attached hydrogens (primary N) is 1. The highest BCUT2D eigenvalue weighted by atomic mass is 19.4. The molecular weight excluding hydrogens is 637 g/mol. The minimum absolute atomic E-state index is 0.186. The Balaban J connectivity index is 1.71. The number of ether oxygens (including phenoxy) is 1. The summed E-state index contributed by atoms with van der Waals surface area (Å²) < 4.78 is 48.9. The van der Waals surface area contributed by atoms with Crippen LogP contribution in [0.15, 0.2) is 66.7 Å². The minimum Gasteiger partial charge on any atom is -0.490 e. The molecule has 12 nitrogen and oxygen atoms in total. The number of alkyl halides is 3. The van der Waals surface area contributed by atoms with Crippen molar-refractivity contribution in [2.45, 2.75) is 25.1 Å². The highest BCUT2D eigenvalue weighted by molar-refractivity contribution is 6.09. The molecule has 0 radical (unpaired) electrons. The number of hydrogen-bond donors (Lipinski definition) is 5. The van der Waals surface area contributed by atoms with Gasteiger partial charge in [-0.25, -0.2) is 9.59 Å². The number of hydrogen-bond acceptors (Lipinski definition) is 7. The molecule has 0 unspecified atom stereocenters. The van der Waals surface area contributed by atoms with Gasteiger partial charge in [0, 0.05) is 36.4 Å². The Morgan fingerprint density at radius 2 is 1.62 bits per heavy atom. The first kappa shape index (κ1) is 35.2. The van der Waals surface area contributed by atoms with Crippen molar-refractivity contribution < 1.29 is 52.4 Å². The molecule has 0 bridgehead atoms. The molecule has 15 heteroatoms. The average molecular weight is 669 g/mol. The molecule has 0 saturated carbocycles. The zero-order chi connectivity index (χ0) is 35.2. The number of nitrogens with zero attached hydrogens (tertiary/aromatic N) is 2. The molecule has 1 aliphatic rings. The van der Waals surface area contributed by atoms with Crippen LogP contribution in [0.5, 0.6) is 5.75 Å². The Hall–Kier alpha value is -5.70. The number of aliphatic carboxylic acids is 1. The van der Waals surface area contributed by atoms with E-state index in [2.05, 4.69) is 0 Å². The summed E-state index contributed by atoms with van der Waals surface area (Å²) in [6.45, 7) is 0.146. The number of carboxylic acid groups (broad SMARTS) is 3. The van der Waals surface area contributed by atoms with Crippen LogP contribution in [0.2, 0.25) is 0 Å². The third-order valence-electron chi connectivity index (χ3n) is 7.54. The Morgan fingerprint density at radius 1 is 0.938 bits per heavy atom. The number of piperidine rings is 1. The number of nitrogens with one attached hydrogen (secondary N) is 1. The third kappa shape index (κ3) is 8.76. The van der Waals surface area contributed by atoms with Crippen LogP contribution in [0.3, 0.4) is 0 Å². The van der Waals surface area contributed by atoms with Crippen LogP contribution in [0.1, 0.15) is 60.6 Å². The van der Waals surface area contributed by atoms with Crippen molar-refractivity contribution in [3.8, 4) is 5.75 Å². The lowest BCUT2D eigenvalue weighted by Gasteiger charge is -2.32. The van der Waals surface area contributed by atoms with Gasteiger partial charge in [-0.1, -0.05) is 30.4 Å².